The van der Waals surface area contributed by atoms with Gasteiger partial charge >= 0.3 is 0 Å². The third-order valence-electron chi connectivity index (χ3n) is 3.17. The first-order valence-corrected chi connectivity index (χ1v) is 7.08. The second kappa shape index (κ2) is 6.14. The minimum absolute atomic E-state index is 0.284. The molecule has 96 valence electrons. The van der Waals surface area contributed by atoms with Crippen molar-refractivity contribution in [3.05, 3.63) is 57.8 Å². The highest BCUT2D eigenvalue weighted by atomic mass is 32.1. The SMILES string of the molecule is Cc1cccc(C(CN)N(C)Cc2cccs2)c1. The highest BCUT2D eigenvalue weighted by Gasteiger charge is 2.15. The molecule has 2 N–H and O–H groups in total. The Morgan fingerprint density at radius 1 is 1.28 bits per heavy atom. The van der Waals surface area contributed by atoms with Gasteiger partial charge in [-0.15, -0.1) is 11.3 Å². The standard InChI is InChI=1S/C15H20N2S/c1-12-5-3-6-13(9-12)15(10-16)17(2)11-14-7-4-8-18-14/h3-9,15H,10-11,16H2,1-2H3. The van der Waals surface area contributed by atoms with Crippen LogP contribution in [0.4, 0.5) is 0 Å². The summed E-state index contributed by atoms with van der Waals surface area (Å²) in [5, 5.41) is 2.12. The Hall–Kier alpha value is -1.16. The molecule has 0 saturated heterocycles. The van der Waals surface area contributed by atoms with E-state index in [0.717, 1.165) is 6.54 Å². The predicted molar refractivity (Wildman–Crippen MR) is 78.8 cm³/mol. The number of rotatable bonds is 5. The summed E-state index contributed by atoms with van der Waals surface area (Å²) in [4.78, 5) is 3.70. The van der Waals surface area contributed by atoms with Crippen molar-refractivity contribution >= 4 is 11.3 Å². The first-order valence-electron chi connectivity index (χ1n) is 6.20. The summed E-state index contributed by atoms with van der Waals surface area (Å²) in [6.07, 6.45) is 0. The molecule has 18 heavy (non-hydrogen) atoms. The van der Waals surface area contributed by atoms with Crippen LogP contribution in [0.1, 0.15) is 22.0 Å². The van der Waals surface area contributed by atoms with Gasteiger partial charge in [0.25, 0.3) is 0 Å². The van der Waals surface area contributed by atoms with Gasteiger partial charge in [0.1, 0.15) is 0 Å². The fourth-order valence-electron chi connectivity index (χ4n) is 2.21. The molecule has 0 amide bonds. The van der Waals surface area contributed by atoms with E-state index in [9.17, 15) is 0 Å². The minimum atomic E-state index is 0.284. The van der Waals surface area contributed by atoms with E-state index in [0.29, 0.717) is 6.54 Å². The normalized spacial score (nSPS) is 12.9. The van der Waals surface area contributed by atoms with Crippen molar-refractivity contribution in [1.29, 1.82) is 0 Å². The van der Waals surface area contributed by atoms with Crippen molar-refractivity contribution in [2.45, 2.75) is 19.5 Å². The van der Waals surface area contributed by atoms with Gasteiger partial charge in [-0.25, -0.2) is 0 Å². The highest BCUT2D eigenvalue weighted by molar-refractivity contribution is 7.09. The third kappa shape index (κ3) is 3.19. The molecule has 0 radical (unpaired) electrons. The molecular weight excluding hydrogens is 240 g/mol. The van der Waals surface area contributed by atoms with Gasteiger partial charge in [-0.05, 0) is 31.0 Å². The summed E-state index contributed by atoms with van der Waals surface area (Å²) >= 11 is 1.80. The van der Waals surface area contributed by atoms with E-state index in [-0.39, 0.29) is 6.04 Å². The topological polar surface area (TPSA) is 29.3 Å². The lowest BCUT2D eigenvalue weighted by atomic mass is 10.0. The Balaban J connectivity index is 2.12. The molecule has 2 aromatic rings. The molecular formula is C15H20N2S. The van der Waals surface area contributed by atoms with E-state index in [1.54, 1.807) is 11.3 Å². The molecule has 1 aromatic heterocycles. The third-order valence-corrected chi connectivity index (χ3v) is 4.03. The van der Waals surface area contributed by atoms with Crippen molar-refractivity contribution in [1.82, 2.24) is 4.90 Å². The zero-order chi connectivity index (χ0) is 13.0. The highest BCUT2D eigenvalue weighted by Crippen LogP contribution is 2.22. The van der Waals surface area contributed by atoms with E-state index in [2.05, 4.69) is 60.6 Å². The lowest BCUT2D eigenvalue weighted by Crippen LogP contribution is -2.29. The van der Waals surface area contributed by atoms with E-state index in [4.69, 9.17) is 5.73 Å². The van der Waals surface area contributed by atoms with E-state index < -0.39 is 0 Å². The van der Waals surface area contributed by atoms with E-state index >= 15 is 0 Å². The van der Waals surface area contributed by atoms with Gasteiger partial charge in [0.2, 0.25) is 0 Å². The second-order valence-electron chi connectivity index (χ2n) is 4.66. The van der Waals surface area contributed by atoms with Crippen LogP contribution in [0.2, 0.25) is 0 Å². The summed E-state index contributed by atoms with van der Waals surface area (Å²) in [7, 11) is 2.14. The van der Waals surface area contributed by atoms with Crippen LogP contribution in [-0.2, 0) is 6.54 Å². The molecule has 0 aliphatic heterocycles. The average Bonchev–Trinajstić information content (AvgIpc) is 2.83. The van der Waals surface area contributed by atoms with Crippen molar-refractivity contribution in [3.8, 4) is 0 Å². The molecule has 0 aliphatic carbocycles. The molecule has 1 atom stereocenters. The van der Waals surface area contributed by atoms with Gasteiger partial charge in [-0.2, -0.15) is 0 Å². The van der Waals surface area contributed by atoms with Gasteiger partial charge in [-0.3, -0.25) is 4.90 Å². The molecule has 2 rings (SSSR count). The number of benzene rings is 1. The monoisotopic (exact) mass is 260 g/mol. The van der Waals surface area contributed by atoms with Crippen molar-refractivity contribution in [3.63, 3.8) is 0 Å². The van der Waals surface area contributed by atoms with Crippen LogP contribution in [0.5, 0.6) is 0 Å². The maximum Gasteiger partial charge on any atom is 0.0471 e. The number of nitrogens with two attached hydrogens (primary N) is 1. The van der Waals surface area contributed by atoms with Crippen LogP contribution >= 0.6 is 11.3 Å². The van der Waals surface area contributed by atoms with Crippen LogP contribution in [0.3, 0.4) is 0 Å². The first-order chi connectivity index (χ1) is 8.70. The van der Waals surface area contributed by atoms with Crippen molar-refractivity contribution in [2.75, 3.05) is 13.6 Å². The zero-order valence-corrected chi connectivity index (χ0v) is 11.8. The summed E-state index contributed by atoms with van der Waals surface area (Å²) in [5.41, 5.74) is 8.54. The maximum absolute atomic E-state index is 5.95. The molecule has 0 fully saturated rings. The number of nitrogens with zero attached hydrogens (tertiary/aromatic N) is 1. The Morgan fingerprint density at radius 2 is 2.11 bits per heavy atom. The summed E-state index contributed by atoms with van der Waals surface area (Å²) in [6.45, 7) is 3.72. The number of hydrogen-bond acceptors (Lipinski definition) is 3. The van der Waals surface area contributed by atoms with Gasteiger partial charge < -0.3 is 5.73 Å². The van der Waals surface area contributed by atoms with Gasteiger partial charge in [0.15, 0.2) is 0 Å². The molecule has 0 bridgehead atoms. The van der Waals surface area contributed by atoms with Crippen molar-refractivity contribution in [2.24, 2.45) is 5.73 Å². The van der Waals surface area contributed by atoms with Crippen LogP contribution in [0, 0.1) is 6.92 Å². The fourth-order valence-corrected chi connectivity index (χ4v) is 2.97. The Morgan fingerprint density at radius 3 is 2.72 bits per heavy atom. The van der Waals surface area contributed by atoms with Crippen molar-refractivity contribution < 1.29 is 0 Å². The van der Waals surface area contributed by atoms with Gasteiger partial charge in [0, 0.05) is 24.0 Å². The fraction of sp³-hybridized carbons (Fsp3) is 0.333. The first kappa shape index (κ1) is 13.3. The molecule has 0 aliphatic rings. The Kier molecular flexibility index (Phi) is 4.53. The lowest BCUT2D eigenvalue weighted by molar-refractivity contribution is 0.244. The smallest absolute Gasteiger partial charge is 0.0471 e. The molecule has 1 aromatic carbocycles. The van der Waals surface area contributed by atoms with Crippen LogP contribution < -0.4 is 5.73 Å². The largest absolute Gasteiger partial charge is 0.329 e. The Labute approximate surface area is 113 Å². The molecule has 1 unspecified atom stereocenters. The molecule has 1 heterocycles. The van der Waals surface area contributed by atoms with Gasteiger partial charge in [-0.1, -0.05) is 35.9 Å². The molecule has 3 heteroatoms. The molecule has 0 saturated carbocycles. The lowest BCUT2D eigenvalue weighted by Gasteiger charge is -2.27. The maximum atomic E-state index is 5.95. The van der Waals surface area contributed by atoms with Crippen LogP contribution in [-0.4, -0.2) is 18.5 Å². The number of hydrogen-bond donors (Lipinski definition) is 1. The predicted octanol–water partition coefficient (Wildman–Crippen LogP) is 3.19. The average molecular weight is 260 g/mol. The summed E-state index contributed by atoms with van der Waals surface area (Å²) in [5.74, 6) is 0. The molecule has 2 nitrogen and oxygen atoms in total. The van der Waals surface area contributed by atoms with E-state index in [1.165, 1.54) is 16.0 Å². The molecule has 0 spiro atoms. The minimum Gasteiger partial charge on any atom is -0.329 e. The summed E-state index contributed by atoms with van der Waals surface area (Å²) in [6, 6.07) is 13.2. The second-order valence-corrected chi connectivity index (χ2v) is 5.69. The van der Waals surface area contributed by atoms with Crippen LogP contribution in [0.25, 0.3) is 0 Å². The number of aryl methyl sites for hydroxylation is 1. The van der Waals surface area contributed by atoms with E-state index in [1.807, 2.05) is 0 Å². The van der Waals surface area contributed by atoms with Gasteiger partial charge in [0.05, 0.1) is 0 Å². The summed E-state index contributed by atoms with van der Waals surface area (Å²) < 4.78 is 0. The zero-order valence-electron chi connectivity index (χ0n) is 11.0. The number of likely N-dealkylation sites (N-methyl/N-ethyl adjacent to an activating group) is 1. The number of thiophene rings is 1. The Bertz CT molecular complexity index is 479. The van der Waals surface area contributed by atoms with Crippen LogP contribution in [0.15, 0.2) is 41.8 Å². The quantitative estimate of drug-likeness (QED) is 0.894.